The number of hydrogen-bond acceptors (Lipinski definition) is 6. The van der Waals surface area contributed by atoms with Crippen molar-refractivity contribution in [2.75, 3.05) is 26.7 Å². The zero-order valence-corrected chi connectivity index (χ0v) is 25.1. The molecule has 0 spiro atoms. The number of allylic oxidation sites excluding steroid dienone is 2. The van der Waals surface area contributed by atoms with Crippen LogP contribution in [0.2, 0.25) is 0 Å². The molecule has 0 bridgehead atoms. The Morgan fingerprint density at radius 2 is 1.87 bits per heavy atom. The largest absolute Gasteiger partial charge is 0.325 e. The van der Waals surface area contributed by atoms with E-state index in [1.165, 1.54) is 11.9 Å². The van der Waals surface area contributed by atoms with Gasteiger partial charge in [0.05, 0.1) is 17.7 Å². The fraction of sp³-hybridized carbons (Fsp3) is 0.516. The first-order valence-electron chi connectivity index (χ1n) is 13.6. The number of benzene rings is 1. The third-order valence-electron chi connectivity index (χ3n) is 6.90. The summed E-state index contributed by atoms with van der Waals surface area (Å²) in [5.41, 5.74) is 4.56. The second-order valence-corrected chi connectivity index (χ2v) is 11.3. The zero-order valence-electron chi connectivity index (χ0n) is 24.3. The zero-order chi connectivity index (χ0) is 28.3. The van der Waals surface area contributed by atoms with Crippen molar-refractivity contribution >= 4 is 35.0 Å². The van der Waals surface area contributed by atoms with Crippen molar-refractivity contribution in [2.24, 2.45) is 16.3 Å². The summed E-state index contributed by atoms with van der Waals surface area (Å²) >= 11 is 1.36. The van der Waals surface area contributed by atoms with Gasteiger partial charge in [-0.05, 0) is 96.5 Å². The standard InChI is InChI=1S/C31H46N4O2S/c1-9-12-23-13-14-26(23)34-30(37)31(6,7)28(11-3)38-35-29(24-18-21(4)17-22(5)19-24)25(10-2)27(36)20-33-16-15-32-8/h10-11,17-19,23,32-33,35H,2,9,12-16,20H2,1,3-8H3/b28-11-,29-25+,34-26?. The van der Waals surface area contributed by atoms with Gasteiger partial charge in [0.15, 0.2) is 5.78 Å². The molecule has 1 saturated carbocycles. The van der Waals surface area contributed by atoms with E-state index in [2.05, 4.69) is 52.0 Å². The molecule has 7 heteroatoms. The molecule has 208 valence electrons. The van der Waals surface area contributed by atoms with Gasteiger partial charge in [0.25, 0.3) is 5.91 Å². The minimum absolute atomic E-state index is 0.0472. The summed E-state index contributed by atoms with van der Waals surface area (Å²) in [6, 6.07) is 6.22. The quantitative estimate of drug-likeness (QED) is 0.111. The van der Waals surface area contributed by atoms with Gasteiger partial charge in [-0.1, -0.05) is 49.3 Å². The summed E-state index contributed by atoms with van der Waals surface area (Å²) in [5.74, 6) is 0.275. The average molecular weight is 539 g/mol. The number of aryl methyl sites for hydroxylation is 2. The summed E-state index contributed by atoms with van der Waals surface area (Å²) in [4.78, 5) is 32.0. The molecule has 38 heavy (non-hydrogen) atoms. The predicted octanol–water partition coefficient (Wildman–Crippen LogP) is 5.92. The number of ketones is 1. The topological polar surface area (TPSA) is 82.6 Å². The van der Waals surface area contributed by atoms with Crippen molar-refractivity contribution in [3.05, 3.63) is 64.1 Å². The van der Waals surface area contributed by atoms with Gasteiger partial charge in [-0.2, -0.15) is 0 Å². The number of aliphatic imine (C=N–C) groups is 1. The molecule has 0 saturated heterocycles. The highest BCUT2D eigenvalue weighted by Crippen LogP contribution is 2.38. The van der Waals surface area contributed by atoms with Gasteiger partial charge in [0.2, 0.25) is 0 Å². The van der Waals surface area contributed by atoms with Crippen LogP contribution in [-0.4, -0.2) is 44.1 Å². The van der Waals surface area contributed by atoms with E-state index >= 15 is 0 Å². The lowest BCUT2D eigenvalue weighted by molar-refractivity contribution is -0.123. The summed E-state index contributed by atoms with van der Waals surface area (Å²) in [5, 5.41) is 6.26. The lowest BCUT2D eigenvalue weighted by Gasteiger charge is -2.30. The Labute approximate surface area is 234 Å². The van der Waals surface area contributed by atoms with Crippen LogP contribution in [0.5, 0.6) is 0 Å². The molecular formula is C31H46N4O2S. The molecule has 1 aliphatic rings. The van der Waals surface area contributed by atoms with Crippen LogP contribution in [-0.2, 0) is 9.59 Å². The molecule has 1 fully saturated rings. The highest BCUT2D eigenvalue weighted by Gasteiger charge is 2.35. The van der Waals surface area contributed by atoms with Crippen LogP contribution in [0.15, 0.2) is 52.4 Å². The van der Waals surface area contributed by atoms with Crippen LogP contribution in [0.1, 0.15) is 70.1 Å². The van der Waals surface area contributed by atoms with Gasteiger partial charge >= 0.3 is 0 Å². The predicted molar refractivity (Wildman–Crippen MR) is 163 cm³/mol. The van der Waals surface area contributed by atoms with E-state index in [0.29, 0.717) is 23.7 Å². The van der Waals surface area contributed by atoms with Crippen LogP contribution < -0.4 is 15.4 Å². The Kier molecular flexibility index (Phi) is 12.7. The second kappa shape index (κ2) is 15.2. The lowest BCUT2D eigenvalue weighted by atomic mass is 9.79. The molecule has 1 aromatic carbocycles. The molecule has 1 aliphatic carbocycles. The lowest BCUT2D eigenvalue weighted by Crippen LogP contribution is -2.32. The van der Waals surface area contributed by atoms with Crippen LogP contribution >= 0.6 is 11.9 Å². The Bertz CT molecular complexity index is 1080. The molecular weight excluding hydrogens is 492 g/mol. The number of rotatable bonds is 15. The minimum atomic E-state index is -0.799. The van der Waals surface area contributed by atoms with Gasteiger partial charge in [-0.3, -0.25) is 9.59 Å². The Balaban J connectivity index is 2.35. The molecule has 3 N–H and O–H groups in total. The maximum Gasteiger partial charge on any atom is 0.256 e. The van der Waals surface area contributed by atoms with Gasteiger partial charge in [-0.25, -0.2) is 4.99 Å². The Morgan fingerprint density at radius 3 is 2.39 bits per heavy atom. The number of nitrogens with zero attached hydrogens (tertiary/aromatic N) is 1. The van der Waals surface area contributed by atoms with E-state index in [1.807, 2.05) is 47.7 Å². The number of hydrogen-bond donors (Lipinski definition) is 3. The number of carbonyl (C=O) groups is 2. The van der Waals surface area contributed by atoms with Crippen molar-refractivity contribution in [1.29, 1.82) is 0 Å². The monoisotopic (exact) mass is 538 g/mol. The van der Waals surface area contributed by atoms with Gasteiger partial charge in [0.1, 0.15) is 0 Å². The molecule has 0 aliphatic heterocycles. The van der Waals surface area contributed by atoms with Crippen LogP contribution in [0.4, 0.5) is 0 Å². The van der Waals surface area contributed by atoms with E-state index in [-0.39, 0.29) is 18.2 Å². The van der Waals surface area contributed by atoms with E-state index in [9.17, 15) is 9.59 Å². The molecule has 1 amide bonds. The van der Waals surface area contributed by atoms with Crippen molar-refractivity contribution in [2.45, 2.75) is 67.2 Å². The van der Waals surface area contributed by atoms with Gasteiger partial charge in [0, 0.05) is 29.3 Å². The third-order valence-corrected chi connectivity index (χ3v) is 8.17. The highest BCUT2D eigenvalue weighted by atomic mass is 32.2. The van der Waals surface area contributed by atoms with E-state index in [4.69, 9.17) is 0 Å². The molecule has 1 aromatic rings. The number of nitrogens with one attached hydrogen (secondary N) is 3. The van der Waals surface area contributed by atoms with Crippen LogP contribution in [0, 0.1) is 25.2 Å². The molecule has 0 heterocycles. The fourth-order valence-corrected chi connectivity index (χ4v) is 5.47. The van der Waals surface area contributed by atoms with Crippen LogP contribution in [0.25, 0.3) is 5.70 Å². The molecule has 0 radical (unpaired) electrons. The van der Waals surface area contributed by atoms with Crippen molar-refractivity contribution in [1.82, 2.24) is 15.4 Å². The van der Waals surface area contributed by atoms with Gasteiger partial charge < -0.3 is 15.4 Å². The normalized spacial score (nSPS) is 17.6. The van der Waals surface area contributed by atoms with Gasteiger partial charge in [-0.15, -0.1) is 0 Å². The summed E-state index contributed by atoms with van der Waals surface area (Å²) < 4.78 is 3.44. The first kappa shape index (κ1) is 31.7. The fourth-order valence-electron chi connectivity index (χ4n) is 4.57. The molecule has 0 aromatic heterocycles. The smallest absolute Gasteiger partial charge is 0.256 e. The third kappa shape index (κ3) is 8.52. The number of carbonyl (C=O) groups excluding carboxylic acids is 2. The van der Waals surface area contributed by atoms with Crippen molar-refractivity contribution in [3.63, 3.8) is 0 Å². The molecule has 1 atom stereocenters. The maximum atomic E-state index is 13.3. The van der Waals surface area contributed by atoms with Crippen molar-refractivity contribution < 1.29 is 9.59 Å². The SMILES string of the molecule is C=C/C(C(=O)CNCCNC)=C(\NS/C(=C\C)C(C)(C)C(=O)N=C1CCC1CCC)c1cc(C)cc(C)c1. The molecule has 1 unspecified atom stereocenters. The molecule has 6 nitrogen and oxygen atoms in total. The maximum absolute atomic E-state index is 13.3. The molecule has 2 rings (SSSR count). The van der Waals surface area contributed by atoms with E-state index in [0.717, 1.165) is 59.5 Å². The Hall–Kier alpha value is -2.48. The summed E-state index contributed by atoms with van der Waals surface area (Å²) in [7, 11) is 1.88. The van der Waals surface area contributed by atoms with E-state index < -0.39 is 5.41 Å². The summed E-state index contributed by atoms with van der Waals surface area (Å²) in [6.45, 7) is 17.7. The number of amides is 1. The summed E-state index contributed by atoms with van der Waals surface area (Å²) in [6.07, 6.45) is 7.80. The highest BCUT2D eigenvalue weighted by molar-refractivity contribution is 8.01. The first-order chi connectivity index (χ1) is 18.1. The Morgan fingerprint density at radius 1 is 1.18 bits per heavy atom. The number of likely N-dealkylation sites (N-methyl/N-ethyl adjacent to an activating group) is 1. The van der Waals surface area contributed by atoms with Crippen molar-refractivity contribution in [3.8, 4) is 0 Å². The number of Topliss-reactive ketones (excluding diaryl/α,β-unsaturated/α-hetero) is 1. The van der Waals surface area contributed by atoms with E-state index in [1.54, 1.807) is 6.08 Å². The van der Waals surface area contributed by atoms with Crippen LogP contribution in [0.3, 0.4) is 0 Å². The first-order valence-corrected chi connectivity index (χ1v) is 14.5. The average Bonchev–Trinajstić information content (AvgIpc) is 2.86. The minimum Gasteiger partial charge on any atom is -0.325 e. The second-order valence-electron chi connectivity index (χ2n) is 10.5.